The zero-order valence-corrected chi connectivity index (χ0v) is 9.00. The molecule has 2 aliphatic rings. The molecule has 0 aromatic carbocycles. The Balaban J connectivity index is 1.69. The molecule has 3 heteroatoms. The minimum Gasteiger partial charge on any atom is -0.378 e. The molecule has 0 radical (unpaired) electrons. The van der Waals surface area contributed by atoms with Crippen LogP contribution >= 0.6 is 0 Å². The van der Waals surface area contributed by atoms with E-state index in [1.54, 1.807) is 0 Å². The highest BCUT2D eigenvalue weighted by Crippen LogP contribution is 2.19. The Bertz CT molecular complexity index is 169. The number of nitrogens with one attached hydrogen (secondary N) is 1. The standard InChI is InChI=1S/C11H21NO2/c1-2-3-11-6-9(4-5-14-11)12-10-7-13-8-10/h9-12H,2-8H2,1H3. The highest BCUT2D eigenvalue weighted by Gasteiger charge is 2.26. The molecule has 0 amide bonds. The lowest BCUT2D eigenvalue weighted by Gasteiger charge is -2.36. The second-order valence-corrected chi connectivity index (χ2v) is 4.40. The SMILES string of the molecule is CCCC1CC(NC2COC2)CCO1. The Morgan fingerprint density at radius 1 is 1.29 bits per heavy atom. The normalized spacial score (nSPS) is 34.1. The topological polar surface area (TPSA) is 30.5 Å². The quantitative estimate of drug-likeness (QED) is 0.741. The Hall–Kier alpha value is -0.120. The highest BCUT2D eigenvalue weighted by atomic mass is 16.5. The van der Waals surface area contributed by atoms with Crippen molar-refractivity contribution < 1.29 is 9.47 Å². The van der Waals surface area contributed by atoms with Crippen LogP contribution in [0, 0.1) is 0 Å². The van der Waals surface area contributed by atoms with Crippen molar-refractivity contribution >= 4 is 0 Å². The van der Waals surface area contributed by atoms with E-state index < -0.39 is 0 Å². The van der Waals surface area contributed by atoms with E-state index in [0.717, 1.165) is 26.2 Å². The maximum absolute atomic E-state index is 5.71. The van der Waals surface area contributed by atoms with Crippen molar-refractivity contribution in [3.05, 3.63) is 0 Å². The second kappa shape index (κ2) is 5.10. The predicted octanol–water partition coefficient (Wildman–Crippen LogP) is 1.32. The van der Waals surface area contributed by atoms with Crippen molar-refractivity contribution in [3.8, 4) is 0 Å². The molecular formula is C11H21NO2. The van der Waals surface area contributed by atoms with Gasteiger partial charge in [-0.2, -0.15) is 0 Å². The molecule has 2 heterocycles. The largest absolute Gasteiger partial charge is 0.378 e. The molecule has 2 atom stereocenters. The fourth-order valence-corrected chi connectivity index (χ4v) is 2.22. The van der Waals surface area contributed by atoms with Gasteiger partial charge in [-0.1, -0.05) is 13.3 Å². The molecule has 2 unspecified atom stereocenters. The third-order valence-corrected chi connectivity index (χ3v) is 3.09. The van der Waals surface area contributed by atoms with Gasteiger partial charge >= 0.3 is 0 Å². The molecular weight excluding hydrogens is 178 g/mol. The molecule has 2 rings (SSSR count). The lowest BCUT2D eigenvalue weighted by molar-refractivity contribution is -0.0371. The summed E-state index contributed by atoms with van der Waals surface area (Å²) in [6.45, 7) is 4.95. The van der Waals surface area contributed by atoms with Gasteiger partial charge in [0.05, 0.1) is 25.4 Å². The highest BCUT2D eigenvalue weighted by molar-refractivity contribution is 4.82. The van der Waals surface area contributed by atoms with Crippen LogP contribution < -0.4 is 5.32 Å². The molecule has 0 spiro atoms. The van der Waals surface area contributed by atoms with Gasteiger partial charge in [0.2, 0.25) is 0 Å². The fourth-order valence-electron chi connectivity index (χ4n) is 2.22. The van der Waals surface area contributed by atoms with E-state index in [-0.39, 0.29) is 0 Å². The smallest absolute Gasteiger partial charge is 0.0643 e. The lowest BCUT2D eigenvalue weighted by Crippen LogP contribution is -2.52. The molecule has 0 aromatic rings. The van der Waals surface area contributed by atoms with Crippen LogP contribution in [0.15, 0.2) is 0 Å². The van der Waals surface area contributed by atoms with E-state index in [4.69, 9.17) is 9.47 Å². The van der Waals surface area contributed by atoms with Gasteiger partial charge in [0.15, 0.2) is 0 Å². The zero-order chi connectivity index (χ0) is 9.80. The Labute approximate surface area is 86.2 Å². The van der Waals surface area contributed by atoms with Crippen LogP contribution in [0.1, 0.15) is 32.6 Å². The lowest BCUT2D eigenvalue weighted by atomic mass is 9.99. The first kappa shape index (κ1) is 10.4. The summed E-state index contributed by atoms with van der Waals surface area (Å²) in [7, 11) is 0. The summed E-state index contributed by atoms with van der Waals surface area (Å²) in [6, 6.07) is 1.27. The second-order valence-electron chi connectivity index (χ2n) is 4.40. The Morgan fingerprint density at radius 2 is 2.14 bits per heavy atom. The average molecular weight is 199 g/mol. The number of ether oxygens (including phenoxy) is 2. The Kier molecular flexibility index (Phi) is 3.79. The minimum absolute atomic E-state index is 0.493. The van der Waals surface area contributed by atoms with Crippen molar-refractivity contribution in [2.45, 2.75) is 50.8 Å². The van der Waals surface area contributed by atoms with E-state index in [0.29, 0.717) is 18.2 Å². The van der Waals surface area contributed by atoms with Gasteiger partial charge in [0.1, 0.15) is 0 Å². The molecule has 0 bridgehead atoms. The van der Waals surface area contributed by atoms with Crippen molar-refractivity contribution in [3.63, 3.8) is 0 Å². The Morgan fingerprint density at radius 3 is 2.79 bits per heavy atom. The maximum Gasteiger partial charge on any atom is 0.0643 e. The van der Waals surface area contributed by atoms with Crippen LogP contribution in [0.5, 0.6) is 0 Å². The zero-order valence-electron chi connectivity index (χ0n) is 9.00. The first-order valence-corrected chi connectivity index (χ1v) is 5.84. The van der Waals surface area contributed by atoms with Crippen molar-refractivity contribution in [1.29, 1.82) is 0 Å². The number of rotatable bonds is 4. The summed E-state index contributed by atoms with van der Waals surface area (Å²) in [5.41, 5.74) is 0. The van der Waals surface area contributed by atoms with Crippen LogP contribution in [0.3, 0.4) is 0 Å². The maximum atomic E-state index is 5.71. The van der Waals surface area contributed by atoms with E-state index in [2.05, 4.69) is 12.2 Å². The monoisotopic (exact) mass is 199 g/mol. The molecule has 14 heavy (non-hydrogen) atoms. The summed E-state index contributed by atoms with van der Waals surface area (Å²) >= 11 is 0. The van der Waals surface area contributed by atoms with Gasteiger partial charge in [0, 0.05) is 12.6 Å². The predicted molar refractivity (Wildman–Crippen MR) is 55.4 cm³/mol. The third kappa shape index (κ3) is 2.69. The summed E-state index contributed by atoms with van der Waals surface area (Å²) < 4.78 is 10.9. The first-order valence-electron chi connectivity index (χ1n) is 5.84. The molecule has 0 aliphatic carbocycles. The third-order valence-electron chi connectivity index (χ3n) is 3.09. The van der Waals surface area contributed by atoms with Crippen LogP contribution in [0.4, 0.5) is 0 Å². The van der Waals surface area contributed by atoms with E-state index in [1.807, 2.05) is 0 Å². The van der Waals surface area contributed by atoms with E-state index >= 15 is 0 Å². The average Bonchev–Trinajstić information content (AvgIpc) is 2.13. The molecule has 0 saturated carbocycles. The summed E-state index contributed by atoms with van der Waals surface area (Å²) in [4.78, 5) is 0. The molecule has 82 valence electrons. The van der Waals surface area contributed by atoms with Crippen molar-refractivity contribution in [1.82, 2.24) is 5.32 Å². The van der Waals surface area contributed by atoms with Gasteiger partial charge < -0.3 is 14.8 Å². The molecule has 0 aromatic heterocycles. The number of hydrogen-bond donors (Lipinski definition) is 1. The van der Waals surface area contributed by atoms with Crippen LogP contribution in [-0.2, 0) is 9.47 Å². The van der Waals surface area contributed by atoms with Crippen molar-refractivity contribution in [2.24, 2.45) is 0 Å². The summed E-state index contributed by atoms with van der Waals surface area (Å²) in [5.74, 6) is 0. The van der Waals surface area contributed by atoms with E-state index in [1.165, 1.54) is 19.3 Å². The summed E-state index contributed by atoms with van der Waals surface area (Å²) in [5, 5.41) is 3.64. The van der Waals surface area contributed by atoms with Crippen LogP contribution in [0.25, 0.3) is 0 Å². The van der Waals surface area contributed by atoms with Gasteiger partial charge in [-0.3, -0.25) is 0 Å². The molecule has 2 aliphatic heterocycles. The minimum atomic E-state index is 0.493. The molecule has 2 saturated heterocycles. The van der Waals surface area contributed by atoms with Crippen LogP contribution in [0.2, 0.25) is 0 Å². The summed E-state index contributed by atoms with van der Waals surface area (Å²) in [6.07, 6.45) is 5.27. The molecule has 2 fully saturated rings. The molecule has 1 N–H and O–H groups in total. The van der Waals surface area contributed by atoms with Gasteiger partial charge in [-0.25, -0.2) is 0 Å². The number of hydrogen-bond acceptors (Lipinski definition) is 3. The van der Waals surface area contributed by atoms with Gasteiger partial charge in [-0.15, -0.1) is 0 Å². The van der Waals surface area contributed by atoms with Crippen molar-refractivity contribution in [2.75, 3.05) is 19.8 Å². The van der Waals surface area contributed by atoms with Gasteiger partial charge in [-0.05, 0) is 19.3 Å². The molecule has 3 nitrogen and oxygen atoms in total. The van der Waals surface area contributed by atoms with E-state index in [9.17, 15) is 0 Å². The first-order chi connectivity index (χ1) is 6.88. The fraction of sp³-hybridized carbons (Fsp3) is 1.00. The van der Waals surface area contributed by atoms with Crippen LogP contribution in [-0.4, -0.2) is 38.0 Å². The van der Waals surface area contributed by atoms with Gasteiger partial charge in [0.25, 0.3) is 0 Å².